The molecule has 0 bridgehead atoms. The van der Waals surface area contributed by atoms with Crippen LogP contribution in [0, 0.1) is 12.8 Å². The van der Waals surface area contributed by atoms with Gasteiger partial charge in [0.05, 0.1) is 5.69 Å². The van der Waals surface area contributed by atoms with Crippen LogP contribution in [-0.2, 0) is 0 Å². The highest BCUT2D eigenvalue weighted by atomic mass is 35.5. The first kappa shape index (κ1) is 12.4. The highest BCUT2D eigenvalue weighted by molar-refractivity contribution is 6.31. The fraction of sp³-hybridized carbons (Fsp3) is 0.500. The van der Waals surface area contributed by atoms with Gasteiger partial charge >= 0.3 is 0 Å². The minimum absolute atomic E-state index is 0.462. The third-order valence-corrected chi connectivity index (χ3v) is 3.84. The molecule has 17 heavy (non-hydrogen) atoms. The molecule has 1 aromatic carbocycles. The van der Waals surface area contributed by atoms with Crippen LogP contribution in [0.25, 0.3) is 0 Å². The van der Waals surface area contributed by atoms with Crippen LogP contribution in [0.3, 0.4) is 0 Å². The van der Waals surface area contributed by atoms with Crippen molar-refractivity contribution in [2.75, 3.05) is 0 Å². The molecule has 2 nitrogen and oxygen atoms in total. The molecule has 0 aliphatic heterocycles. The molecule has 1 saturated carbocycles. The van der Waals surface area contributed by atoms with Crippen LogP contribution in [0.2, 0.25) is 5.02 Å². The van der Waals surface area contributed by atoms with Gasteiger partial charge in [0.25, 0.3) is 0 Å². The molecule has 0 radical (unpaired) electrons. The Bertz CT molecular complexity index is 420. The summed E-state index contributed by atoms with van der Waals surface area (Å²) in [6.07, 6.45) is 6.23. The maximum absolute atomic E-state index is 6.08. The summed E-state index contributed by atoms with van der Waals surface area (Å²) in [7, 11) is 0. The largest absolute Gasteiger partial charge is 0.387 e. The first-order valence-electron chi connectivity index (χ1n) is 6.27. The standard InChI is InChI=1S/C14H19ClN2/c1-10-7-8-12(9-13(10)15)17-14(16)11-5-3-2-4-6-11/h7-9,11H,2-6H2,1H3,(H2,16,17). The maximum atomic E-state index is 6.08. The van der Waals surface area contributed by atoms with Crippen molar-refractivity contribution in [1.29, 1.82) is 0 Å². The fourth-order valence-electron chi connectivity index (χ4n) is 2.29. The van der Waals surface area contributed by atoms with Crippen molar-refractivity contribution in [2.24, 2.45) is 16.6 Å². The predicted molar refractivity (Wildman–Crippen MR) is 74.0 cm³/mol. The van der Waals surface area contributed by atoms with E-state index in [-0.39, 0.29) is 0 Å². The molecule has 1 aliphatic rings. The van der Waals surface area contributed by atoms with E-state index in [0.29, 0.717) is 5.92 Å². The van der Waals surface area contributed by atoms with Crippen LogP contribution in [0.1, 0.15) is 37.7 Å². The summed E-state index contributed by atoms with van der Waals surface area (Å²) in [5.74, 6) is 1.23. The van der Waals surface area contributed by atoms with Crippen molar-refractivity contribution >= 4 is 23.1 Å². The monoisotopic (exact) mass is 250 g/mol. The summed E-state index contributed by atoms with van der Waals surface area (Å²) in [6, 6.07) is 5.83. The number of amidine groups is 1. The van der Waals surface area contributed by atoms with Crippen molar-refractivity contribution in [3.05, 3.63) is 28.8 Å². The van der Waals surface area contributed by atoms with Crippen molar-refractivity contribution in [3.63, 3.8) is 0 Å². The number of hydrogen-bond donors (Lipinski definition) is 1. The zero-order valence-corrected chi connectivity index (χ0v) is 11.0. The van der Waals surface area contributed by atoms with Crippen LogP contribution in [0.5, 0.6) is 0 Å². The Hall–Kier alpha value is -1.02. The van der Waals surface area contributed by atoms with Crippen molar-refractivity contribution in [3.8, 4) is 0 Å². The van der Waals surface area contributed by atoms with E-state index in [2.05, 4.69) is 4.99 Å². The number of benzene rings is 1. The molecule has 1 aromatic rings. The molecule has 2 N–H and O–H groups in total. The summed E-state index contributed by atoms with van der Waals surface area (Å²) >= 11 is 6.07. The summed E-state index contributed by atoms with van der Waals surface area (Å²) in [6.45, 7) is 1.99. The smallest absolute Gasteiger partial charge is 0.103 e. The molecule has 3 heteroatoms. The normalized spacial score (nSPS) is 18.4. The molecule has 1 fully saturated rings. The molecular formula is C14H19ClN2. The average Bonchev–Trinajstić information content (AvgIpc) is 2.35. The molecule has 1 aliphatic carbocycles. The van der Waals surface area contributed by atoms with Crippen LogP contribution >= 0.6 is 11.6 Å². The minimum Gasteiger partial charge on any atom is -0.387 e. The van der Waals surface area contributed by atoms with Gasteiger partial charge < -0.3 is 5.73 Å². The number of halogens is 1. The number of aryl methyl sites for hydroxylation is 1. The molecular weight excluding hydrogens is 232 g/mol. The summed E-state index contributed by atoms with van der Waals surface area (Å²) in [5.41, 5.74) is 8.01. The number of nitrogens with zero attached hydrogens (tertiary/aromatic N) is 1. The van der Waals surface area contributed by atoms with Gasteiger partial charge in [-0.05, 0) is 37.5 Å². The molecule has 0 saturated heterocycles. The highest BCUT2D eigenvalue weighted by Crippen LogP contribution is 2.26. The van der Waals surface area contributed by atoms with Gasteiger partial charge in [0.15, 0.2) is 0 Å². The summed E-state index contributed by atoms with van der Waals surface area (Å²) in [4.78, 5) is 4.49. The third-order valence-electron chi connectivity index (χ3n) is 3.44. The second-order valence-corrected chi connectivity index (χ2v) is 5.21. The quantitative estimate of drug-likeness (QED) is 0.620. The Morgan fingerprint density at radius 1 is 1.29 bits per heavy atom. The third kappa shape index (κ3) is 3.22. The second kappa shape index (κ2) is 5.54. The van der Waals surface area contributed by atoms with E-state index in [4.69, 9.17) is 17.3 Å². The first-order chi connectivity index (χ1) is 8.16. The van der Waals surface area contributed by atoms with Crippen LogP contribution in [0.4, 0.5) is 5.69 Å². The second-order valence-electron chi connectivity index (χ2n) is 4.81. The van der Waals surface area contributed by atoms with Gasteiger partial charge in [-0.15, -0.1) is 0 Å². The van der Waals surface area contributed by atoms with Crippen molar-refractivity contribution < 1.29 is 0 Å². The Labute approximate surface area is 108 Å². The lowest BCUT2D eigenvalue weighted by molar-refractivity contribution is 0.437. The van der Waals surface area contributed by atoms with Gasteiger partial charge in [-0.25, -0.2) is 4.99 Å². The number of aliphatic imine (C=N–C) groups is 1. The van der Waals surface area contributed by atoms with Crippen LogP contribution < -0.4 is 5.73 Å². The van der Waals surface area contributed by atoms with Crippen LogP contribution in [0.15, 0.2) is 23.2 Å². The Morgan fingerprint density at radius 2 is 2.00 bits per heavy atom. The van der Waals surface area contributed by atoms with E-state index in [1.165, 1.54) is 32.1 Å². The Balaban J connectivity index is 2.13. The van der Waals surface area contributed by atoms with E-state index in [0.717, 1.165) is 22.1 Å². The van der Waals surface area contributed by atoms with Gasteiger partial charge in [0, 0.05) is 10.9 Å². The Kier molecular flexibility index (Phi) is 4.06. The number of rotatable bonds is 2. The van der Waals surface area contributed by atoms with Gasteiger partial charge in [-0.1, -0.05) is 36.9 Å². The minimum atomic E-state index is 0.462. The molecule has 0 amide bonds. The van der Waals surface area contributed by atoms with Gasteiger partial charge in [0.2, 0.25) is 0 Å². The molecule has 0 unspecified atom stereocenters. The fourth-order valence-corrected chi connectivity index (χ4v) is 2.46. The van der Waals surface area contributed by atoms with Crippen molar-refractivity contribution in [2.45, 2.75) is 39.0 Å². The molecule has 92 valence electrons. The average molecular weight is 251 g/mol. The van der Waals surface area contributed by atoms with Gasteiger partial charge in [-0.2, -0.15) is 0 Å². The van der Waals surface area contributed by atoms with Crippen molar-refractivity contribution in [1.82, 2.24) is 0 Å². The highest BCUT2D eigenvalue weighted by Gasteiger charge is 2.16. The maximum Gasteiger partial charge on any atom is 0.103 e. The summed E-state index contributed by atoms with van der Waals surface area (Å²) in [5, 5.41) is 0.752. The Morgan fingerprint density at radius 3 is 2.65 bits per heavy atom. The number of hydrogen-bond acceptors (Lipinski definition) is 1. The molecule has 0 heterocycles. The lowest BCUT2D eigenvalue weighted by atomic mass is 9.88. The summed E-state index contributed by atoms with van der Waals surface area (Å²) < 4.78 is 0. The number of nitrogens with two attached hydrogens (primary N) is 1. The first-order valence-corrected chi connectivity index (χ1v) is 6.65. The van der Waals surface area contributed by atoms with E-state index in [1.54, 1.807) is 0 Å². The lowest BCUT2D eigenvalue weighted by Crippen LogP contribution is -2.25. The lowest BCUT2D eigenvalue weighted by Gasteiger charge is -2.20. The van der Waals surface area contributed by atoms with E-state index in [1.807, 2.05) is 25.1 Å². The van der Waals surface area contributed by atoms with E-state index < -0.39 is 0 Å². The topological polar surface area (TPSA) is 38.4 Å². The molecule has 0 atom stereocenters. The zero-order chi connectivity index (χ0) is 12.3. The van der Waals surface area contributed by atoms with Gasteiger partial charge in [0.1, 0.15) is 5.84 Å². The van der Waals surface area contributed by atoms with E-state index >= 15 is 0 Å². The zero-order valence-electron chi connectivity index (χ0n) is 10.2. The molecule has 0 spiro atoms. The predicted octanol–water partition coefficient (Wildman–Crippen LogP) is 4.22. The molecule has 2 rings (SSSR count). The van der Waals surface area contributed by atoms with Gasteiger partial charge in [-0.3, -0.25) is 0 Å². The van der Waals surface area contributed by atoms with E-state index in [9.17, 15) is 0 Å². The SMILES string of the molecule is Cc1ccc(N=C(N)C2CCCCC2)cc1Cl. The van der Waals surface area contributed by atoms with Crippen LogP contribution in [-0.4, -0.2) is 5.84 Å². The molecule has 0 aromatic heterocycles.